The molecule has 3 rings (SSSR count). The second-order valence-electron chi connectivity index (χ2n) is 10.2. The third kappa shape index (κ3) is 3.82. The van der Waals surface area contributed by atoms with Crippen LogP contribution in [0.15, 0.2) is 18.2 Å². The predicted octanol–water partition coefficient (Wildman–Crippen LogP) is 5.44. The molecule has 2 N–H and O–H groups in total. The second kappa shape index (κ2) is 6.56. The molecule has 0 saturated carbocycles. The first kappa shape index (κ1) is 19.8. The van der Waals surface area contributed by atoms with E-state index in [1.54, 1.807) is 0 Å². The number of pyridine rings is 1. The predicted molar refractivity (Wildman–Crippen MR) is 113 cm³/mol. The van der Waals surface area contributed by atoms with Crippen molar-refractivity contribution < 1.29 is 4.55 Å². The van der Waals surface area contributed by atoms with Crippen molar-refractivity contribution in [3.05, 3.63) is 29.6 Å². The lowest BCUT2D eigenvalue weighted by molar-refractivity contribution is 0.334. The average molecular weight is 375 g/mol. The molecule has 3 nitrogen and oxygen atoms in total. The van der Waals surface area contributed by atoms with Gasteiger partial charge in [-0.3, -0.25) is 4.98 Å². The van der Waals surface area contributed by atoms with Crippen LogP contribution in [-0.2, 0) is 11.2 Å². The Labute approximate surface area is 162 Å². The number of nitrogens with two attached hydrogens (primary N) is 1. The Bertz CT molecular complexity index is 703. The Kier molecular flexibility index (Phi) is 4.98. The number of rotatable bonds is 2. The fourth-order valence-corrected chi connectivity index (χ4v) is 6.83. The van der Waals surface area contributed by atoms with Crippen LogP contribution in [-0.4, -0.2) is 19.0 Å². The first-order chi connectivity index (χ1) is 11.9. The van der Waals surface area contributed by atoms with Crippen molar-refractivity contribution >= 4 is 22.4 Å². The maximum Gasteiger partial charge on any atom is 0.121 e. The van der Waals surface area contributed by atoms with Gasteiger partial charge in [0.2, 0.25) is 0 Å². The fraction of sp³-hybridized carbons (Fsp3) is 0.682. The quantitative estimate of drug-likeness (QED) is 0.701. The van der Waals surface area contributed by atoms with Crippen LogP contribution >= 0.6 is 0 Å². The van der Waals surface area contributed by atoms with Crippen molar-refractivity contribution in [2.45, 2.75) is 89.1 Å². The summed E-state index contributed by atoms with van der Waals surface area (Å²) < 4.78 is 12.5. The number of nitrogen functional groups attached to an aromatic ring is 1. The Morgan fingerprint density at radius 3 is 2.23 bits per heavy atom. The summed E-state index contributed by atoms with van der Waals surface area (Å²) in [5.74, 6) is 0.331. The molecule has 1 saturated heterocycles. The van der Waals surface area contributed by atoms with E-state index in [2.05, 4.69) is 53.7 Å². The van der Waals surface area contributed by atoms with E-state index < -0.39 is 11.2 Å². The minimum atomic E-state index is -0.842. The monoisotopic (exact) mass is 374 g/mol. The normalized spacial score (nSPS) is 29.9. The fourth-order valence-electron chi connectivity index (χ4n) is 4.63. The Balaban J connectivity index is 1.92. The smallest absolute Gasteiger partial charge is 0.121 e. The van der Waals surface area contributed by atoms with E-state index >= 15 is 0 Å². The van der Waals surface area contributed by atoms with Crippen molar-refractivity contribution in [3.8, 4) is 0 Å². The topological polar surface area (TPSA) is 62.0 Å². The SMILES string of the molecule is CC1(C)CC=C(c2nc(C3CC(C)(C)[S+]([O-])C(C)(C)C3)ccc2N)CC1. The van der Waals surface area contributed by atoms with E-state index in [9.17, 15) is 4.55 Å². The van der Waals surface area contributed by atoms with Gasteiger partial charge in [0.15, 0.2) is 0 Å². The number of allylic oxidation sites excluding steroid dienone is 2. The molecule has 0 aromatic carbocycles. The third-order valence-electron chi connectivity index (χ3n) is 6.12. The van der Waals surface area contributed by atoms with Gasteiger partial charge in [0, 0.05) is 24.5 Å². The van der Waals surface area contributed by atoms with Gasteiger partial charge in [-0.05, 0) is 81.3 Å². The molecule has 0 radical (unpaired) electrons. The molecule has 4 heteroatoms. The maximum atomic E-state index is 12.8. The Morgan fingerprint density at radius 2 is 1.69 bits per heavy atom. The summed E-state index contributed by atoms with van der Waals surface area (Å²) in [5.41, 5.74) is 10.8. The lowest BCUT2D eigenvalue weighted by Crippen LogP contribution is -2.51. The molecule has 2 aliphatic rings. The van der Waals surface area contributed by atoms with Crippen LogP contribution in [0.3, 0.4) is 0 Å². The Hall–Kier alpha value is -1.00. The zero-order chi connectivity index (χ0) is 19.3. The van der Waals surface area contributed by atoms with Crippen LogP contribution in [0, 0.1) is 5.41 Å². The van der Waals surface area contributed by atoms with Gasteiger partial charge >= 0.3 is 0 Å². The number of anilines is 1. The molecular weight excluding hydrogens is 340 g/mol. The van der Waals surface area contributed by atoms with Crippen LogP contribution in [0.25, 0.3) is 5.57 Å². The van der Waals surface area contributed by atoms with Crippen LogP contribution < -0.4 is 5.73 Å². The van der Waals surface area contributed by atoms with Gasteiger partial charge in [-0.2, -0.15) is 0 Å². The number of hydrogen-bond acceptors (Lipinski definition) is 3. The highest BCUT2D eigenvalue weighted by atomic mass is 32.2. The highest BCUT2D eigenvalue weighted by Gasteiger charge is 2.51. The summed E-state index contributed by atoms with van der Waals surface area (Å²) >= 11 is -0.842. The van der Waals surface area contributed by atoms with Crippen LogP contribution in [0.2, 0.25) is 0 Å². The van der Waals surface area contributed by atoms with Gasteiger partial charge in [-0.25, -0.2) is 0 Å². The molecule has 2 heterocycles. The molecule has 0 bridgehead atoms. The lowest BCUT2D eigenvalue weighted by atomic mass is 9.77. The molecule has 0 atom stereocenters. The molecule has 1 aromatic heterocycles. The molecule has 26 heavy (non-hydrogen) atoms. The van der Waals surface area contributed by atoms with Crippen molar-refractivity contribution in [1.29, 1.82) is 0 Å². The van der Waals surface area contributed by atoms with E-state index in [0.29, 0.717) is 11.3 Å². The summed E-state index contributed by atoms with van der Waals surface area (Å²) in [7, 11) is 0. The van der Waals surface area contributed by atoms with Crippen molar-refractivity contribution in [2.75, 3.05) is 5.73 Å². The van der Waals surface area contributed by atoms with Gasteiger partial charge in [0.05, 0.1) is 11.4 Å². The van der Waals surface area contributed by atoms with E-state index in [0.717, 1.165) is 42.8 Å². The van der Waals surface area contributed by atoms with Crippen LogP contribution in [0.1, 0.15) is 91.0 Å². The summed E-state index contributed by atoms with van der Waals surface area (Å²) in [5, 5.41) is 0. The molecule has 1 aromatic rings. The van der Waals surface area contributed by atoms with Gasteiger partial charge < -0.3 is 10.3 Å². The zero-order valence-electron chi connectivity index (χ0n) is 17.2. The minimum Gasteiger partial charge on any atom is -0.616 e. The van der Waals surface area contributed by atoms with Gasteiger partial charge in [-0.1, -0.05) is 19.9 Å². The van der Waals surface area contributed by atoms with Gasteiger partial charge in [0.25, 0.3) is 0 Å². The molecule has 0 unspecified atom stereocenters. The second-order valence-corrected chi connectivity index (χ2v) is 12.9. The first-order valence-electron chi connectivity index (χ1n) is 9.79. The lowest BCUT2D eigenvalue weighted by Gasteiger charge is -2.46. The number of hydrogen-bond donors (Lipinski definition) is 1. The molecule has 1 fully saturated rings. The largest absolute Gasteiger partial charge is 0.616 e. The minimum absolute atomic E-state index is 0.191. The highest BCUT2D eigenvalue weighted by Crippen LogP contribution is 2.48. The van der Waals surface area contributed by atoms with Crippen molar-refractivity contribution in [1.82, 2.24) is 4.98 Å². The van der Waals surface area contributed by atoms with E-state index in [1.165, 1.54) is 12.0 Å². The van der Waals surface area contributed by atoms with E-state index in [1.807, 2.05) is 6.07 Å². The standard InChI is InChI=1S/C22H34N2OS/c1-20(2)11-9-15(10-12-20)19-17(23)7-8-18(24-19)16-13-21(3,4)26(25)22(5,6)14-16/h7-9,16H,10-14,23H2,1-6H3. The third-order valence-corrected chi connectivity index (χ3v) is 8.46. The number of aromatic nitrogens is 1. The molecule has 0 spiro atoms. The molecule has 1 aliphatic heterocycles. The molecule has 144 valence electrons. The molecule has 1 aliphatic carbocycles. The number of nitrogens with zero attached hydrogens (tertiary/aromatic N) is 1. The van der Waals surface area contributed by atoms with E-state index in [-0.39, 0.29) is 9.49 Å². The summed E-state index contributed by atoms with van der Waals surface area (Å²) in [6, 6.07) is 4.10. The summed E-state index contributed by atoms with van der Waals surface area (Å²) in [6.45, 7) is 13.1. The molecule has 0 amide bonds. The molecular formula is C22H34N2OS. The van der Waals surface area contributed by atoms with Crippen LogP contribution in [0.4, 0.5) is 5.69 Å². The maximum absolute atomic E-state index is 12.8. The first-order valence-corrected chi connectivity index (χ1v) is 10.9. The highest BCUT2D eigenvalue weighted by molar-refractivity contribution is 7.94. The van der Waals surface area contributed by atoms with Crippen molar-refractivity contribution in [3.63, 3.8) is 0 Å². The Morgan fingerprint density at radius 1 is 1.08 bits per heavy atom. The van der Waals surface area contributed by atoms with Gasteiger partial charge in [-0.15, -0.1) is 0 Å². The van der Waals surface area contributed by atoms with Crippen molar-refractivity contribution in [2.24, 2.45) is 5.41 Å². The average Bonchev–Trinajstić information content (AvgIpc) is 2.53. The summed E-state index contributed by atoms with van der Waals surface area (Å²) in [6.07, 6.45) is 7.44. The van der Waals surface area contributed by atoms with Gasteiger partial charge in [0.1, 0.15) is 9.49 Å². The van der Waals surface area contributed by atoms with Crippen LogP contribution in [0.5, 0.6) is 0 Å². The summed E-state index contributed by atoms with van der Waals surface area (Å²) in [4.78, 5) is 5.03. The van der Waals surface area contributed by atoms with E-state index in [4.69, 9.17) is 10.7 Å². The zero-order valence-corrected chi connectivity index (χ0v) is 18.0.